The van der Waals surface area contributed by atoms with Crippen LogP contribution >= 0.6 is 11.5 Å². The van der Waals surface area contributed by atoms with Crippen LogP contribution in [0.2, 0.25) is 0 Å². The zero-order valence-electron chi connectivity index (χ0n) is 12.5. The summed E-state index contributed by atoms with van der Waals surface area (Å²) in [5, 5.41) is 4.00. The molecule has 6 heteroatoms. The van der Waals surface area contributed by atoms with Gasteiger partial charge >= 0.3 is 5.97 Å². The summed E-state index contributed by atoms with van der Waals surface area (Å²) >= 11 is 1.39. The molecule has 0 saturated carbocycles. The normalized spacial score (nSPS) is 10.4. The average Bonchev–Trinajstić information content (AvgIpc) is 2.95. The van der Waals surface area contributed by atoms with Gasteiger partial charge in [-0.05, 0) is 37.0 Å². The van der Waals surface area contributed by atoms with Crippen molar-refractivity contribution in [1.82, 2.24) is 9.36 Å². The van der Waals surface area contributed by atoms with Crippen molar-refractivity contribution < 1.29 is 9.53 Å². The number of nitrogens with zero attached hydrogens (tertiary/aromatic N) is 2. The van der Waals surface area contributed by atoms with Gasteiger partial charge in [-0.1, -0.05) is 19.1 Å². The molecule has 0 aliphatic carbocycles. The molecule has 0 fully saturated rings. The van der Waals surface area contributed by atoms with Crippen molar-refractivity contribution in [1.29, 1.82) is 0 Å². The maximum Gasteiger partial charge on any atom is 0.325 e. The number of nitrogens with one attached hydrogen (secondary N) is 1. The van der Waals surface area contributed by atoms with E-state index in [-0.39, 0.29) is 12.5 Å². The van der Waals surface area contributed by atoms with Crippen LogP contribution in [0.5, 0.6) is 0 Å². The van der Waals surface area contributed by atoms with Crippen molar-refractivity contribution in [2.75, 3.05) is 18.5 Å². The van der Waals surface area contributed by atoms with E-state index in [4.69, 9.17) is 4.74 Å². The summed E-state index contributed by atoms with van der Waals surface area (Å²) in [7, 11) is 0. The van der Waals surface area contributed by atoms with Crippen molar-refractivity contribution in [2.45, 2.75) is 27.2 Å². The first kappa shape index (κ1) is 15.4. The third kappa shape index (κ3) is 4.01. The standard InChI is InChI=1S/C15H19N3O2S/c1-4-13-17-15(21-18-13)11-7-6-10(3)12(8-11)16-9-14(19)20-5-2/h6-8,16H,4-5,9H2,1-3H3. The molecule has 2 aromatic rings. The molecule has 21 heavy (non-hydrogen) atoms. The first-order chi connectivity index (χ1) is 10.1. The number of anilines is 1. The van der Waals surface area contributed by atoms with Gasteiger partial charge in [0.05, 0.1) is 6.61 Å². The molecule has 0 unspecified atom stereocenters. The first-order valence-electron chi connectivity index (χ1n) is 6.97. The van der Waals surface area contributed by atoms with Crippen LogP contribution in [0.1, 0.15) is 25.2 Å². The number of ether oxygens (including phenoxy) is 1. The van der Waals surface area contributed by atoms with E-state index in [1.54, 1.807) is 6.92 Å². The van der Waals surface area contributed by atoms with Crippen molar-refractivity contribution in [3.05, 3.63) is 29.6 Å². The molecule has 1 heterocycles. The smallest absolute Gasteiger partial charge is 0.325 e. The highest BCUT2D eigenvalue weighted by atomic mass is 32.1. The van der Waals surface area contributed by atoms with Crippen LogP contribution in [0.25, 0.3) is 10.6 Å². The Balaban J connectivity index is 2.15. The third-order valence-corrected chi connectivity index (χ3v) is 3.80. The Hall–Kier alpha value is -1.95. The Morgan fingerprint density at radius 2 is 2.19 bits per heavy atom. The third-order valence-electron chi connectivity index (χ3n) is 3.00. The Kier molecular flexibility index (Phi) is 5.27. The number of aryl methyl sites for hydroxylation is 2. The first-order valence-corrected chi connectivity index (χ1v) is 7.74. The van der Waals surface area contributed by atoms with Crippen LogP contribution in [0.3, 0.4) is 0 Å². The van der Waals surface area contributed by atoms with E-state index in [2.05, 4.69) is 14.7 Å². The Morgan fingerprint density at radius 1 is 1.38 bits per heavy atom. The topological polar surface area (TPSA) is 64.1 Å². The number of aromatic nitrogens is 2. The predicted molar refractivity (Wildman–Crippen MR) is 84.6 cm³/mol. The quantitative estimate of drug-likeness (QED) is 0.831. The largest absolute Gasteiger partial charge is 0.465 e. The fourth-order valence-corrected chi connectivity index (χ4v) is 2.58. The van der Waals surface area contributed by atoms with Crippen LogP contribution in [0, 0.1) is 6.92 Å². The van der Waals surface area contributed by atoms with E-state index in [1.807, 2.05) is 32.0 Å². The summed E-state index contributed by atoms with van der Waals surface area (Å²) in [5.74, 6) is 0.600. The highest BCUT2D eigenvalue weighted by Gasteiger charge is 2.09. The Bertz CT molecular complexity index is 625. The van der Waals surface area contributed by atoms with E-state index in [1.165, 1.54) is 11.5 Å². The number of carbonyl (C=O) groups is 1. The van der Waals surface area contributed by atoms with Crippen molar-refractivity contribution in [3.63, 3.8) is 0 Å². The van der Waals surface area contributed by atoms with Crippen LogP contribution in [0.15, 0.2) is 18.2 Å². The monoisotopic (exact) mass is 305 g/mol. The van der Waals surface area contributed by atoms with E-state index < -0.39 is 0 Å². The molecule has 0 amide bonds. The van der Waals surface area contributed by atoms with Crippen LogP contribution in [0.4, 0.5) is 5.69 Å². The van der Waals surface area contributed by atoms with Crippen molar-refractivity contribution >= 4 is 23.2 Å². The van der Waals surface area contributed by atoms with Gasteiger partial charge in [0.15, 0.2) is 0 Å². The maximum absolute atomic E-state index is 11.4. The minimum absolute atomic E-state index is 0.161. The number of carbonyl (C=O) groups excluding carboxylic acids is 1. The molecule has 112 valence electrons. The summed E-state index contributed by atoms with van der Waals surface area (Å²) in [6, 6.07) is 6.02. The van der Waals surface area contributed by atoms with Gasteiger partial charge in [-0.3, -0.25) is 4.79 Å². The number of hydrogen-bond donors (Lipinski definition) is 1. The van der Waals surface area contributed by atoms with Gasteiger partial charge in [0.2, 0.25) is 0 Å². The number of benzene rings is 1. The zero-order valence-corrected chi connectivity index (χ0v) is 13.3. The molecule has 0 aliphatic rings. The summed E-state index contributed by atoms with van der Waals surface area (Å²) < 4.78 is 9.21. The minimum Gasteiger partial charge on any atom is -0.465 e. The molecule has 1 N–H and O–H groups in total. The van der Waals surface area contributed by atoms with Gasteiger partial charge in [0.1, 0.15) is 17.4 Å². The fourth-order valence-electron chi connectivity index (χ4n) is 1.84. The van der Waals surface area contributed by atoms with E-state index in [0.717, 1.165) is 34.1 Å². The van der Waals surface area contributed by atoms with Crippen LogP contribution in [-0.2, 0) is 16.0 Å². The molecule has 0 bridgehead atoms. The second-order valence-corrected chi connectivity index (χ2v) is 5.31. The molecular formula is C15H19N3O2S. The number of esters is 1. The van der Waals surface area contributed by atoms with E-state index in [0.29, 0.717) is 6.61 Å². The molecule has 2 rings (SSSR count). The molecule has 0 saturated heterocycles. The molecular weight excluding hydrogens is 286 g/mol. The molecule has 0 atom stereocenters. The summed E-state index contributed by atoms with van der Waals surface area (Å²) in [6.45, 7) is 6.38. The Labute approximate surface area is 128 Å². The van der Waals surface area contributed by atoms with E-state index >= 15 is 0 Å². The van der Waals surface area contributed by atoms with Gasteiger partial charge in [0.25, 0.3) is 0 Å². The zero-order chi connectivity index (χ0) is 15.2. The summed E-state index contributed by atoms with van der Waals surface area (Å²) in [4.78, 5) is 15.9. The van der Waals surface area contributed by atoms with Gasteiger partial charge in [-0.25, -0.2) is 4.98 Å². The highest BCUT2D eigenvalue weighted by molar-refractivity contribution is 7.09. The SMILES string of the molecule is CCOC(=O)CNc1cc(-c2nc(CC)ns2)ccc1C. The maximum atomic E-state index is 11.4. The molecule has 0 spiro atoms. The molecule has 1 aromatic carbocycles. The molecule has 0 radical (unpaired) electrons. The predicted octanol–water partition coefficient (Wildman–Crippen LogP) is 3.05. The molecule has 5 nitrogen and oxygen atoms in total. The Morgan fingerprint density at radius 3 is 2.86 bits per heavy atom. The lowest BCUT2D eigenvalue weighted by Gasteiger charge is -2.10. The molecule has 0 aliphatic heterocycles. The average molecular weight is 305 g/mol. The minimum atomic E-state index is -0.258. The summed E-state index contributed by atoms with van der Waals surface area (Å²) in [5.41, 5.74) is 2.99. The second-order valence-electron chi connectivity index (χ2n) is 4.56. The van der Waals surface area contributed by atoms with Gasteiger partial charge in [-0.2, -0.15) is 4.37 Å². The number of hydrogen-bond acceptors (Lipinski definition) is 6. The number of rotatable bonds is 6. The van der Waals surface area contributed by atoms with Gasteiger partial charge < -0.3 is 10.1 Å². The van der Waals surface area contributed by atoms with Crippen molar-refractivity contribution in [3.8, 4) is 10.6 Å². The van der Waals surface area contributed by atoms with Crippen molar-refractivity contribution in [2.24, 2.45) is 0 Å². The van der Waals surface area contributed by atoms with Gasteiger partial charge in [-0.15, -0.1) is 0 Å². The lowest BCUT2D eigenvalue weighted by atomic mass is 10.1. The van der Waals surface area contributed by atoms with Gasteiger partial charge in [0, 0.05) is 17.7 Å². The highest BCUT2D eigenvalue weighted by Crippen LogP contribution is 2.26. The second kappa shape index (κ2) is 7.17. The summed E-state index contributed by atoms with van der Waals surface area (Å²) in [6.07, 6.45) is 0.830. The van der Waals surface area contributed by atoms with Crippen LogP contribution in [-0.4, -0.2) is 28.5 Å². The lowest BCUT2D eigenvalue weighted by Crippen LogP contribution is -2.17. The molecule has 1 aromatic heterocycles. The van der Waals surface area contributed by atoms with Crippen LogP contribution < -0.4 is 5.32 Å². The van der Waals surface area contributed by atoms with E-state index in [9.17, 15) is 4.79 Å². The fraction of sp³-hybridized carbons (Fsp3) is 0.400. The lowest BCUT2D eigenvalue weighted by molar-refractivity contribution is -0.140.